The van der Waals surface area contributed by atoms with Crippen LogP contribution in [0.2, 0.25) is 0 Å². The molecule has 0 saturated carbocycles. The molecule has 5 nitrogen and oxygen atoms in total. The number of hydrogen-bond donors (Lipinski definition) is 1. The van der Waals surface area contributed by atoms with Crippen molar-refractivity contribution in [3.63, 3.8) is 0 Å². The molecule has 6 heteroatoms. The molecule has 4 atom stereocenters. The van der Waals surface area contributed by atoms with Gasteiger partial charge in [-0.3, -0.25) is 0 Å². The Morgan fingerprint density at radius 1 is 0.971 bits per heavy atom. The zero-order valence-electron chi connectivity index (χ0n) is 19.4. The molecule has 1 aliphatic heterocycles. The van der Waals surface area contributed by atoms with Gasteiger partial charge in [0.25, 0.3) is 0 Å². The summed E-state index contributed by atoms with van der Waals surface area (Å²) in [6.45, 7) is 7.98. The number of ether oxygens (including phenoxy) is 2. The quantitative estimate of drug-likeness (QED) is 0.366. The maximum absolute atomic E-state index is 12.2. The molecule has 2 aromatic rings. The standard InChI is InChI=1S/C26H36O5S.2CH4/c1-4-30-13-14-31-26-11-7-22(8-12-26)23(16-24-18-32(28,29)17-20(24)3)15-19(2)21-5-9-25(27)10-6-21;;/h5-12,19-20,23-24,27H,4,13-18H2,1-3H3;2*1H4. The normalized spacial score (nSPS) is 20.6. The smallest absolute Gasteiger partial charge is 0.150 e. The molecule has 4 unspecified atom stereocenters. The average molecular weight is 493 g/mol. The molecule has 1 heterocycles. The van der Waals surface area contributed by atoms with Crippen LogP contribution in [-0.2, 0) is 14.6 Å². The van der Waals surface area contributed by atoms with E-state index in [2.05, 4.69) is 26.0 Å². The summed E-state index contributed by atoms with van der Waals surface area (Å²) in [7, 11) is -2.94. The minimum atomic E-state index is -2.94. The molecule has 3 rings (SSSR count). The third-order valence-electron chi connectivity index (χ3n) is 6.53. The third-order valence-corrected chi connectivity index (χ3v) is 8.50. The van der Waals surface area contributed by atoms with E-state index in [1.165, 1.54) is 11.1 Å². The van der Waals surface area contributed by atoms with Crippen molar-refractivity contribution in [1.82, 2.24) is 0 Å². The Morgan fingerprint density at radius 2 is 1.59 bits per heavy atom. The van der Waals surface area contributed by atoms with E-state index in [0.29, 0.717) is 25.6 Å². The van der Waals surface area contributed by atoms with Gasteiger partial charge in [0, 0.05) is 6.61 Å². The van der Waals surface area contributed by atoms with Gasteiger partial charge in [-0.05, 0) is 78.8 Å². The van der Waals surface area contributed by atoms with Crippen LogP contribution in [-0.4, -0.2) is 44.9 Å². The predicted octanol–water partition coefficient (Wildman–Crippen LogP) is 6.43. The first kappa shape index (κ1) is 30.0. The van der Waals surface area contributed by atoms with Gasteiger partial charge >= 0.3 is 0 Å². The zero-order chi connectivity index (χ0) is 23.1. The molecule has 0 aliphatic carbocycles. The highest BCUT2D eigenvalue weighted by Crippen LogP contribution is 2.39. The number of rotatable bonds is 11. The minimum absolute atomic E-state index is 0. The molecular formula is C28H44O5S. The Bertz CT molecular complexity index is 938. The van der Waals surface area contributed by atoms with Crippen LogP contribution in [0.5, 0.6) is 11.5 Å². The number of sulfone groups is 1. The van der Waals surface area contributed by atoms with Gasteiger partial charge in [0.2, 0.25) is 0 Å². The van der Waals surface area contributed by atoms with Crippen molar-refractivity contribution in [2.75, 3.05) is 31.3 Å². The molecule has 0 radical (unpaired) electrons. The molecule has 34 heavy (non-hydrogen) atoms. The second-order valence-corrected chi connectivity index (χ2v) is 11.2. The maximum atomic E-state index is 12.2. The summed E-state index contributed by atoms with van der Waals surface area (Å²) in [6, 6.07) is 15.6. The number of benzene rings is 2. The zero-order valence-corrected chi connectivity index (χ0v) is 20.2. The van der Waals surface area contributed by atoms with Crippen molar-refractivity contribution < 1.29 is 23.0 Å². The summed E-state index contributed by atoms with van der Waals surface area (Å²) in [5.41, 5.74) is 2.39. The largest absolute Gasteiger partial charge is 0.508 e. The van der Waals surface area contributed by atoms with E-state index in [9.17, 15) is 13.5 Å². The fraction of sp³-hybridized carbons (Fsp3) is 0.571. The molecule has 1 fully saturated rings. The summed E-state index contributed by atoms with van der Waals surface area (Å²) < 4.78 is 35.4. The van der Waals surface area contributed by atoms with Crippen molar-refractivity contribution in [2.45, 2.75) is 60.3 Å². The van der Waals surface area contributed by atoms with Crippen molar-refractivity contribution in [1.29, 1.82) is 0 Å². The van der Waals surface area contributed by atoms with Crippen molar-refractivity contribution >= 4 is 9.84 Å². The molecule has 1 aliphatic rings. The maximum Gasteiger partial charge on any atom is 0.150 e. The lowest BCUT2D eigenvalue weighted by Crippen LogP contribution is -2.15. The highest BCUT2D eigenvalue weighted by molar-refractivity contribution is 7.91. The Kier molecular flexibility index (Phi) is 12.1. The van der Waals surface area contributed by atoms with Gasteiger partial charge in [0.1, 0.15) is 18.1 Å². The Hall–Kier alpha value is -2.05. The summed E-state index contributed by atoms with van der Waals surface area (Å²) in [5, 5.41) is 9.61. The number of phenols is 1. The number of hydrogen-bond acceptors (Lipinski definition) is 5. The molecular weight excluding hydrogens is 448 g/mol. The Morgan fingerprint density at radius 3 is 2.15 bits per heavy atom. The Labute approximate surface area is 207 Å². The van der Waals surface area contributed by atoms with Gasteiger partial charge in [0.15, 0.2) is 9.84 Å². The molecule has 2 aromatic carbocycles. The van der Waals surface area contributed by atoms with Gasteiger partial charge in [-0.2, -0.15) is 0 Å². The van der Waals surface area contributed by atoms with Crippen LogP contribution >= 0.6 is 0 Å². The molecule has 0 amide bonds. The lowest BCUT2D eigenvalue weighted by Gasteiger charge is -2.26. The number of aromatic hydroxyl groups is 1. The first-order valence-electron chi connectivity index (χ1n) is 11.6. The molecule has 1 N–H and O–H groups in total. The van der Waals surface area contributed by atoms with Crippen LogP contribution in [0.4, 0.5) is 0 Å². The van der Waals surface area contributed by atoms with E-state index in [-0.39, 0.29) is 50.0 Å². The fourth-order valence-corrected chi connectivity index (χ4v) is 7.02. The molecule has 192 valence electrons. The van der Waals surface area contributed by atoms with E-state index < -0.39 is 9.84 Å². The van der Waals surface area contributed by atoms with Crippen LogP contribution in [0, 0.1) is 11.8 Å². The monoisotopic (exact) mass is 492 g/mol. The minimum Gasteiger partial charge on any atom is -0.508 e. The van der Waals surface area contributed by atoms with Crippen molar-refractivity contribution in [3.8, 4) is 11.5 Å². The molecule has 0 aromatic heterocycles. The Balaban J connectivity index is 0.00000289. The van der Waals surface area contributed by atoms with E-state index in [1.54, 1.807) is 12.1 Å². The van der Waals surface area contributed by atoms with E-state index in [0.717, 1.165) is 18.6 Å². The molecule has 0 bridgehead atoms. The summed E-state index contributed by atoms with van der Waals surface area (Å²) in [5.74, 6) is 2.57. The second kappa shape index (κ2) is 13.7. The second-order valence-electron chi connectivity index (χ2n) is 9.09. The van der Waals surface area contributed by atoms with Crippen LogP contribution < -0.4 is 4.74 Å². The first-order valence-corrected chi connectivity index (χ1v) is 13.4. The summed E-state index contributed by atoms with van der Waals surface area (Å²) in [6.07, 6.45) is 1.77. The summed E-state index contributed by atoms with van der Waals surface area (Å²) >= 11 is 0. The van der Waals surface area contributed by atoms with E-state index >= 15 is 0 Å². The van der Waals surface area contributed by atoms with Gasteiger partial charge in [0.05, 0.1) is 18.1 Å². The number of phenolic OH excluding ortho intramolecular Hbond substituents is 1. The van der Waals surface area contributed by atoms with Crippen LogP contribution in [0.1, 0.15) is 71.4 Å². The lowest BCUT2D eigenvalue weighted by molar-refractivity contribution is 0.110. The molecule has 1 saturated heterocycles. The van der Waals surface area contributed by atoms with Crippen molar-refractivity contribution in [3.05, 3.63) is 59.7 Å². The third kappa shape index (κ3) is 8.62. The van der Waals surface area contributed by atoms with E-state index in [4.69, 9.17) is 9.47 Å². The van der Waals surface area contributed by atoms with Gasteiger partial charge in [-0.25, -0.2) is 8.42 Å². The lowest BCUT2D eigenvalue weighted by atomic mass is 9.79. The first-order chi connectivity index (χ1) is 15.3. The average Bonchev–Trinajstić information content (AvgIpc) is 3.02. The van der Waals surface area contributed by atoms with Crippen LogP contribution in [0.3, 0.4) is 0 Å². The fourth-order valence-electron chi connectivity index (χ4n) is 4.69. The van der Waals surface area contributed by atoms with Crippen molar-refractivity contribution in [2.24, 2.45) is 11.8 Å². The summed E-state index contributed by atoms with van der Waals surface area (Å²) in [4.78, 5) is 0. The van der Waals surface area contributed by atoms with Gasteiger partial charge < -0.3 is 14.6 Å². The van der Waals surface area contributed by atoms with Crippen LogP contribution in [0.15, 0.2) is 48.5 Å². The topological polar surface area (TPSA) is 72.8 Å². The molecule has 0 spiro atoms. The van der Waals surface area contributed by atoms with Gasteiger partial charge in [-0.1, -0.05) is 53.0 Å². The predicted molar refractivity (Wildman–Crippen MR) is 142 cm³/mol. The highest BCUT2D eigenvalue weighted by atomic mass is 32.2. The SMILES string of the molecule is C.C.CCOCCOc1ccc(C(CC(C)c2ccc(O)cc2)CC2CS(=O)(=O)CC2C)cc1. The van der Waals surface area contributed by atoms with E-state index in [1.807, 2.05) is 31.2 Å². The highest BCUT2D eigenvalue weighted by Gasteiger charge is 2.36. The van der Waals surface area contributed by atoms with Gasteiger partial charge in [-0.15, -0.1) is 0 Å². The van der Waals surface area contributed by atoms with Crippen LogP contribution in [0.25, 0.3) is 0 Å².